The average molecular weight is 170 g/mol. The topological polar surface area (TPSA) is 37.3 Å². The Kier molecular flexibility index (Phi) is 2.76. The predicted molar refractivity (Wildman–Crippen MR) is 47.9 cm³/mol. The summed E-state index contributed by atoms with van der Waals surface area (Å²) in [6.45, 7) is 6.30. The summed E-state index contributed by atoms with van der Waals surface area (Å²) in [5.41, 5.74) is 0. The van der Waals surface area contributed by atoms with E-state index in [1.54, 1.807) is 0 Å². The van der Waals surface area contributed by atoms with Gasteiger partial charge in [0.1, 0.15) is 0 Å². The zero-order chi connectivity index (χ0) is 9.30. The molecule has 12 heavy (non-hydrogen) atoms. The Morgan fingerprint density at radius 3 is 2.33 bits per heavy atom. The number of carboxylic acids is 1. The second kappa shape index (κ2) is 3.46. The quantitative estimate of drug-likeness (QED) is 0.691. The van der Waals surface area contributed by atoms with Crippen LogP contribution in [0.2, 0.25) is 0 Å². The predicted octanol–water partition coefficient (Wildman–Crippen LogP) is 2.39. The van der Waals surface area contributed by atoms with Crippen molar-refractivity contribution in [3.05, 3.63) is 0 Å². The molecule has 0 aromatic rings. The molecule has 3 atom stereocenters. The number of rotatable bonds is 2. The molecule has 0 amide bonds. The van der Waals surface area contributed by atoms with E-state index in [1.165, 1.54) is 0 Å². The van der Waals surface area contributed by atoms with Gasteiger partial charge in [-0.05, 0) is 30.6 Å². The van der Waals surface area contributed by atoms with Crippen molar-refractivity contribution in [2.45, 2.75) is 33.6 Å². The summed E-state index contributed by atoms with van der Waals surface area (Å²) in [6, 6.07) is 0. The first-order chi connectivity index (χ1) is 5.54. The van der Waals surface area contributed by atoms with Gasteiger partial charge in [-0.3, -0.25) is 4.79 Å². The summed E-state index contributed by atoms with van der Waals surface area (Å²) in [6.07, 6.45) is 2.18. The molecule has 1 rings (SSSR count). The third-order valence-electron chi connectivity index (χ3n) is 3.17. The third-order valence-corrected chi connectivity index (χ3v) is 3.17. The molecule has 2 unspecified atom stereocenters. The van der Waals surface area contributed by atoms with Crippen molar-refractivity contribution in [2.24, 2.45) is 23.7 Å². The van der Waals surface area contributed by atoms with Crippen LogP contribution in [0.1, 0.15) is 33.6 Å². The highest BCUT2D eigenvalue weighted by atomic mass is 16.4. The van der Waals surface area contributed by atoms with Crippen molar-refractivity contribution in [3.63, 3.8) is 0 Å². The summed E-state index contributed by atoms with van der Waals surface area (Å²) >= 11 is 0. The molecule has 2 heteroatoms. The molecule has 1 fully saturated rings. The number of carbonyl (C=O) groups is 1. The third kappa shape index (κ3) is 1.62. The smallest absolute Gasteiger partial charge is 0.307 e. The summed E-state index contributed by atoms with van der Waals surface area (Å²) in [5, 5.41) is 9.00. The van der Waals surface area contributed by atoms with Gasteiger partial charge in [-0.15, -0.1) is 0 Å². The number of aliphatic carboxylic acids is 1. The largest absolute Gasteiger partial charge is 0.481 e. The summed E-state index contributed by atoms with van der Waals surface area (Å²) in [7, 11) is 0. The van der Waals surface area contributed by atoms with E-state index in [2.05, 4.69) is 20.8 Å². The van der Waals surface area contributed by atoms with E-state index in [0.29, 0.717) is 17.8 Å². The second-order valence-electron chi connectivity index (χ2n) is 4.33. The standard InChI is InChI=1S/C10H18O2/c1-6(2)8-5-4-7(3)9(8)10(11)12/h6-9H,4-5H2,1-3H3,(H,11,12)/t7?,8?,9-/m0/s1. The number of hydrogen-bond donors (Lipinski definition) is 1. The van der Waals surface area contributed by atoms with Gasteiger partial charge in [0.2, 0.25) is 0 Å². The Morgan fingerprint density at radius 1 is 1.42 bits per heavy atom. The molecule has 1 aliphatic carbocycles. The minimum Gasteiger partial charge on any atom is -0.481 e. The van der Waals surface area contributed by atoms with Gasteiger partial charge in [-0.2, -0.15) is 0 Å². The molecule has 2 nitrogen and oxygen atoms in total. The summed E-state index contributed by atoms with van der Waals surface area (Å²) in [4.78, 5) is 10.9. The Labute approximate surface area is 74.0 Å². The Bertz CT molecular complexity index is 175. The summed E-state index contributed by atoms with van der Waals surface area (Å²) in [5.74, 6) is 0.590. The van der Waals surface area contributed by atoms with Crippen molar-refractivity contribution < 1.29 is 9.90 Å². The van der Waals surface area contributed by atoms with E-state index in [0.717, 1.165) is 12.8 Å². The first-order valence-corrected chi connectivity index (χ1v) is 4.76. The van der Waals surface area contributed by atoms with E-state index in [-0.39, 0.29) is 5.92 Å². The van der Waals surface area contributed by atoms with Gasteiger partial charge in [-0.25, -0.2) is 0 Å². The first kappa shape index (κ1) is 9.56. The van der Waals surface area contributed by atoms with Crippen LogP contribution in [0.5, 0.6) is 0 Å². The second-order valence-corrected chi connectivity index (χ2v) is 4.33. The lowest BCUT2D eigenvalue weighted by molar-refractivity contribution is -0.144. The monoisotopic (exact) mass is 170 g/mol. The van der Waals surface area contributed by atoms with Crippen LogP contribution in [0.15, 0.2) is 0 Å². The minimum atomic E-state index is -0.598. The van der Waals surface area contributed by atoms with Crippen LogP contribution in [0.4, 0.5) is 0 Å². The molecule has 0 aromatic heterocycles. The molecule has 0 aliphatic heterocycles. The van der Waals surface area contributed by atoms with Gasteiger partial charge in [0.05, 0.1) is 5.92 Å². The van der Waals surface area contributed by atoms with Crippen LogP contribution in [0.25, 0.3) is 0 Å². The molecular formula is C10H18O2. The number of carboxylic acid groups (broad SMARTS) is 1. The van der Waals surface area contributed by atoms with Gasteiger partial charge in [-0.1, -0.05) is 20.8 Å². The van der Waals surface area contributed by atoms with Crippen LogP contribution < -0.4 is 0 Å². The molecule has 70 valence electrons. The molecule has 0 aromatic carbocycles. The van der Waals surface area contributed by atoms with Crippen LogP contribution >= 0.6 is 0 Å². The van der Waals surface area contributed by atoms with Gasteiger partial charge >= 0.3 is 5.97 Å². The molecule has 1 saturated carbocycles. The van der Waals surface area contributed by atoms with Crippen molar-refractivity contribution in [1.82, 2.24) is 0 Å². The lowest BCUT2D eigenvalue weighted by Crippen LogP contribution is -2.26. The van der Waals surface area contributed by atoms with Gasteiger partial charge in [0.15, 0.2) is 0 Å². The maximum atomic E-state index is 10.9. The van der Waals surface area contributed by atoms with Crippen LogP contribution in [0, 0.1) is 23.7 Å². The van der Waals surface area contributed by atoms with Crippen molar-refractivity contribution >= 4 is 5.97 Å². The Hall–Kier alpha value is -0.530. The van der Waals surface area contributed by atoms with Crippen molar-refractivity contribution in [3.8, 4) is 0 Å². The molecule has 1 aliphatic rings. The fraction of sp³-hybridized carbons (Fsp3) is 0.900. The summed E-state index contributed by atoms with van der Waals surface area (Å²) < 4.78 is 0. The van der Waals surface area contributed by atoms with E-state index >= 15 is 0 Å². The van der Waals surface area contributed by atoms with Gasteiger partial charge in [0.25, 0.3) is 0 Å². The molecule has 0 spiro atoms. The lowest BCUT2D eigenvalue weighted by atomic mass is 9.83. The van der Waals surface area contributed by atoms with Gasteiger partial charge in [0, 0.05) is 0 Å². The lowest BCUT2D eigenvalue weighted by Gasteiger charge is -2.21. The molecular weight excluding hydrogens is 152 g/mol. The molecule has 0 bridgehead atoms. The molecule has 1 N–H and O–H groups in total. The van der Waals surface area contributed by atoms with Crippen molar-refractivity contribution in [1.29, 1.82) is 0 Å². The minimum absolute atomic E-state index is 0.0926. The SMILES string of the molecule is CC(C)C1CCC(C)[C@@H]1C(=O)O. The van der Waals surface area contributed by atoms with E-state index in [4.69, 9.17) is 5.11 Å². The average Bonchev–Trinajstić information content (AvgIpc) is 2.30. The van der Waals surface area contributed by atoms with E-state index in [9.17, 15) is 4.79 Å². The van der Waals surface area contributed by atoms with Crippen LogP contribution in [-0.4, -0.2) is 11.1 Å². The van der Waals surface area contributed by atoms with E-state index < -0.39 is 5.97 Å². The maximum Gasteiger partial charge on any atom is 0.307 e. The van der Waals surface area contributed by atoms with Crippen LogP contribution in [0.3, 0.4) is 0 Å². The highest BCUT2D eigenvalue weighted by Crippen LogP contribution is 2.40. The molecule has 0 heterocycles. The van der Waals surface area contributed by atoms with Crippen molar-refractivity contribution in [2.75, 3.05) is 0 Å². The van der Waals surface area contributed by atoms with Gasteiger partial charge < -0.3 is 5.11 Å². The fourth-order valence-corrected chi connectivity index (χ4v) is 2.41. The molecule has 0 saturated heterocycles. The number of hydrogen-bond acceptors (Lipinski definition) is 1. The first-order valence-electron chi connectivity index (χ1n) is 4.76. The molecule has 0 radical (unpaired) electrons. The van der Waals surface area contributed by atoms with E-state index in [1.807, 2.05) is 0 Å². The van der Waals surface area contributed by atoms with Crippen LogP contribution in [-0.2, 0) is 4.79 Å². The Balaban J connectivity index is 2.70. The highest BCUT2D eigenvalue weighted by molar-refractivity contribution is 5.71. The maximum absolute atomic E-state index is 10.9. The Morgan fingerprint density at radius 2 is 2.00 bits per heavy atom. The zero-order valence-corrected chi connectivity index (χ0v) is 8.08. The zero-order valence-electron chi connectivity index (χ0n) is 8.08. The normalized spacial score (nSPS) is 35.8. The fourth-order valence-electron chi connectivity index (χ4n) is 2.41. The highest BCUT2D eigenvalue weighted by Gasteiger charge is 2.39.